The van der Waals surface area contributed by atoms with E-state index in [0.717, 1.165) is 0 Å². The first kappa shape index (κ1) is 14.1. The van der Waals surface area contributed by atoms with Crippen LogP contribution in [0.1, 0.15) is 5.82 Å². The zero-order chi connectivity index (χ0) is 14.5. The predicted molar refractivity (Wildman–Crippen MR) is 77.8 cm³/mol. The van der Waals surface area contributed by atoms with E-state index in [1.165, 1.54) is 4.57 Å². The molecule has 0 aliphatic carbocycles. The molecule has 0 saturated heterocycles. The van der Waals surface area contributed by atoms with Gasteiger partial charge in [-0.2, -0.15) is 9.97 Å². The molecule has 1 aromatic heterocycles. The van der Waals surface area contributed by atoms with Crippen molar-refractivity contribution >= 4 is 17.5 Å². The number of nitrogens with zero attached hydrogens (tertiary/aromatic N) is 3. The molecule has 1 heterocycles. The highest BCUT2D eigenvalue weighted by Gasteiger charge is 2.08. The first-order valence-corrected chi connectivity index (χ1v) is 6.15. The number of aromatic nitrogens is 3. The molecule has 0 unspecified atom stereocenters. The van der Waals surface area contributed by atoms with Crippen LogP contribution < -0.4 is 16.5 Å². The molecule has 2 aromatic rings. The van der Waals surface area contributed by atoms with Gasteiger partial charge in [0, 0.05) is 5.02 Å². The zero-order valence-corrected chi connectivity index (χ0v) is 11.5. The fourth-order valence-corrected chi connectivity index (χ4v) is 1.83. The minimum Gasteiger partial charge on any atom is -0.289 e. The highest BCUT2D eigenvalue weighted by molar-refractivity contribution is 6.30. The minimum absolute atomic E-state index is 0.168. The number of aryl methyl sites for hydroxylation is 1. The molecule has 2 N–H and O–H groups in total. The number of terminal acetylenes is 1. The van der Waals surface area contributed by atoms with Gasteiger partial charge in [-0.1, -0.05) is 23.6 Å². The van der Waals surface area contributed by atoms with Crippen molar-refractivity contribution in [2.45, 2.75) is 6.92 Å². The summed E-state index contributed by atoms with van der Waals surface area (Å²) in [6.45, 7) is 2.00. The van der Waals surface area contributed by atoms with E-state index in [1.54, 1.807) is 31.2 Å². The third-order valence-corrected chi connectivity index (χ3v) is 2.68. The second kappa shape index (κ2) is 6.19. The monoisotopic (exact) mass is 289 g/mol. The van der Waals surface area contributed by atoms with Gasteiger partial charge in [-0.25, -0.2) is 14.8 Å². The van der Waals surface area contributed by atoms with Crippen molar-refractivity contribution in [1.29, 1.82) is 0 Å². The topological polar surface area (TPSA) is 71.8 Å². The Morgan fingerprint density at radius 1 is 1.45 bits per heavy atom. The lowest BCUT2D eigenvalue weighted by Crippen LogP contribution is -2.30. The lowest BCUT2D eigenvalue weighted by atomic mass is 10.3. The van der Waals surface area contributed by atoms with Gasteiger partial charge in [-0.15, -0.1) is 6.42 Å². The van der Waals surface area contributed by atoms with Gasteiger partial charge in [0.25, 0.3) is 0 Å². The third kappa shape index (κ3) is 3.15. The zero-order valence-electron chi connectivity index (χ0n) is 10.7. The fourth-order valence-electron chi connectivity index (χ4n) is 1.65. The number of rotatable bonds is 4. The van der Waals surface area contributed by atoms with Crippen LogP contribution in [0.2, 0.25) is 5.02 Å². The van der Waals surface area contributed by atoms with Crippen molar-refractivity contribution in [2.75, 3.05) is 12.0 Å². The van der Waals surface area contributed by atoms with E-state index in [2.05, 4.69) is 26.7 Å². The molecule has 102 valence electrons. The van der Waals surface area contributed by atoms with Crippen molar-refractivity contribution in [2.24, 2.45) is 0 Å². The SMILES string of the molecule is C#CCNNc1nc(C)n(-c2cccc(Cl)c2)c(=O)n1. The van der Waals surface area contributed by atoms with E-state index in [-0.39, 0.29) is 5.95 Å². The number of hydrogen-bond donors (Lipinski definition) is 2. The van der Waals surface area contributed by atoms with E-state index in [9.17, 15) is 4.79 Å². The summed E-state index contributed by atoms with van der Waals surface area (Å²) in [5.74, 6) is 3.03. The van der Waals surface area contributed by atoms with Crippen molar-refractivity contribution in [3.8, 4) is 18.0 Å². The van der Waals surface area contributed by atoms with Crippen LogP contribution in [-0.4, -0.2) is 21.1 Å². The number of anilines is 1. The maximum Gasteiger partial charge on any atom is 0.356 e. The lowest BCUT2D eigenvalue weighted by molar-refractivity contribution is 0.787. The molecule has 0 aliphatic heterocycles. The summed E-state index contributed by atoms with van der Waals surface area (Å²) >= 11 is 5.92. The average Bonchev–Trinajstić information content (AvgIpc) is 2.38. The van der Waals surface area contributed by atoms with Crippen molar-refractivity contribution in [3.63, 3.8) is 0 Å². The molecule has 0 saturated carbocycles. The van der Waals surface area contributed by atoms with Crippen LogP contribution in [0.25, 0.3) is 5.69 Å². The Balaban J connectivity index is 2.37. The molecule has 0 atom stereocenters. The second-order valence-electron chi connectivity index (χ2n) is 3.87. The second-order valence-corrected chi connectivity index (χ2v) is 4.31. The van der Waals surface area contributed by atoms with Crippen LogP contribution in [-0.2, 0) is 0 Å². The molecular weight excluding hydrogens is 278 g/mol. The molecule has 6 nitrogen and oxygen atoms in total. The number of hydrazine groups is 1. The Hall–Kier alpha value is -2.36. The average molecular weight is 290 g/mol. The van der Waals surface area contributed by atoms with Crippen LogP contribution in [0.15, 0.2) is 29.1 Å². The molecule has 0 radical (unpaired) electrons. The summed E-state index contributed by atoms with van der Waals surface area (Å²) in [6.07, 6.45) is 5.10. The summed E-state index contributed by atoms with van der Waals surface area (Å²) in [5.41, 5.74) is 5.52. The highest BCUT2D eigenvalue weighted by atomic mass is 35.5. The van der Waals surface area contributed by atoms with E-state index < -0.39 is 5.69 Å². The van der Waals surface area contributed by atoms with E-state index in [0.29, 0.717) is 23.1 Å². The normalized spacial score (nSPS) is 10.1. The van der Waals surface area contributed by atoms with Gasteiger partial charge in [0.05, 0.1) is 12.2 Å². The Morgan fingerprint density at radius 3 is 2.90 bits per heavy atom. The summed E-state index contributed by atoms with van der Waals surface area (Å²) < 4.78 is 1.37. The van der Waals surface area contributed by atoms with Gasteiger partial charge in [0.1, 0.15) is 5.82 Å². The smallest absolute Gasteiger partial charge is 0.289 e. The van der Waals surface area contributed by atoms with Gasteiger partial charge in [0.2, 0.25) is 5.95 Å². The van der Waals surface area contributed by atoms with Crippen LogP contribution in [0.4, 0.5) is 5.95 Å². The van der Waals surface area contributed by atoms with Crippen LogP contribution in [0.5, 0.6) is 0 Å². The molecule has 1 aromatic carbocycles. The largest absolute Gasteiger partial charge is 0.356 e. The van der Waals surface area contributed by atoms with Crippen LogP contribution in [0, 0.1) is 19.3 Å². The Kier molecular flexibility index (Phi) is 4.35. The van der Waals surface area contributed by atoms with Crippen molar-refractivity contribution < 1.29 is 0 Å². The molecule has 2 rings (SSSR count). The van der Waals surface area contributed by atoms with Crippen molar-refractivity contribution in [3.05, 3.63) is 45.6 Å². The first-order valence-electron chi connectivity index (χ1n) is 5.78. The summed E-state index contributed by atoms with van der Waals surface area (Å²) in [7, 11) is 0. The molecule has 0 bridgehead atoms. The number of nitrogens with one attached hydrogen (secondary N) is 2. The standard InChI is InChI=1S/C13H12ClN5O/c1-3-7-15-18-12-16-9(2)19(13(20)17-12)11-6-4-5-10(14)8-11/h1,4-6,8,15H,7H2,2H3,(H,17,18,20). The number of hydrogen-bond acceptors (Lipinski definition) is 5. The number of halogens is 1. The fraction of sp³-hybridized carbons (Fsp3) is 0.154. The summed E-state index contributed by atoms with van der Waals surface area (Å²) in [6, 6.07) is 6.91. The Morgan fingerprint density at radius 2 is 2.25 bits per heavy atom. The molecule has 0 amide bonds. The summed E-state index contributed by atoms with van der Waals surface area (Å²) in [5, 5.41) is 0.534. The third-order valence-electron chi connectivity index (χ3n) is 2.44. The minimum atomic E-state index is -0.454. The summed E-state index contributed by atoms with van der Waals surface area (Å²) in [4.78, 5) is 20.1. The van der Waals surface area contributed by atoms with E-state index in [1.807, 2.05) is 0 Å². The van der Waals surface area contributed by atoms with Crippen LogP contribution in [0.3, 0.4) is 0 Å². The molecule has 0 spiro atoms. The highest BCUT2D eigenvalue weighted by Crippen LogP contribution is 2.14. The Labute approximate surface area is 120 Å². The Bertz CT molecular complexity index is 719. The molecule has 7 heteroatoms. The van der Waals surface area contributed by atoms with Gasteiger partial charge in [0.15, 0.2) is 0 Å². The molecule has 0 aliphatic rings. The maximum absolute atomic E-state index is 12.1. The quantitative estimate of drug-likeness (QED) is 0.502. The molecular formula is C13H12ClN5O. The predicted octanol–water partition coefficient (Wildman–Crippen LogP) is 1.14. The van der Waals surface area contributed by atoms with Gasteiger partial charge < -0.3 is 0 Å². The lowest BCUT2D eigenvalue weighted by Gasteiger charge is -2.10. The van der Waals surface area contributed by atoms with Gasteiger partial charge in [-0.3, -0.25) is 5.43 Å². The van der Waals surface area contributed by atoms with Gasteiger partial charge >= 0.3 is 5.69 Å². The van der Waals surface area contributed by atoms with Gasteiger partial charge in [-0.05, 0) is 25.1 Å². The molecule has 20 heavy (non-hydrogen) atoms. The van der Waals surface area contributed by atoms with E-state index >= 15 is 0 Å². The van der Waals surface area contributed by atoms with E-state index in [4.69, 9.17) is 18.0 Å². The van der Waals surface area contributed by atoms with Crippen LogP contribution >= 0.6 is 11.6 Å². The van der Waals surface area contributed by atoms with Crippen molar-refractivity contribution in [1.82, 2.24) is 20.0 Å². The number of benzene rings is 1. The first-order chi connectivity index (χ1) is 9.61. The molecule has 0 fully saturated rings. The maximum atomic E-state index is 12.1.